The van der Waals surface area contributed by atoms with Gasteiger partial charge in [0.15, 0.2) is 5.82 Å². The molecule has 0 atom stereocenters. The molecular formula is C16H20N4O2. The molecule has 3 rings (SSSR count). The average Bonchev–Trinajstić information content (AvgIpc) is 2.94. The van der Waals surface area contributed by atoms with Gasteiger partial charge < -0.3 is 15.2 Å². The molecule has 0 fully saturated rings. The maximum Gasteiger partial charge on any atom is 0.251 e. The van der Waals surface area contributed by atoms with Crippen molar-refractivity contribution in [1.29, 1.82) is 0 Å². The number of nitrogens with zero attached hydrogens (tertiary/aromatic N) is 2. The molecule has 2 aromatic rings. The van der Waals surface area contributed by atoms with Crippen LogP contribution in [0.4, 0.5) is 5.69 Å². The fourth-order valence-electron chi connectivity index (χ4n) is 2.35. The van der Waals surface area contributed by atoms with Crippen LogP contribution >= 0.6 is 0 Å². The lowest BCUT2D eigenvalue weighted by Crippen LogP contribution is -2.31. The third-order valence-corrected chi connectivity index (χ3v) is 3.59. The van der Waals surface area contributed by atoms with E-state index in [0.29, 0.717) is 24.8 Å². The Morgan fingerprint density at radius 1 is 1.36 bits per heavy atom. The van der Waals surface area contributed by atoms with Crippen molar-refractivity contribution in [3.8, 4) is 0 Å². The molecule has 1 aromatic carbocycles. The van der Waals surface area contributed by atoms with Gasteiger partial charge in [0.05, 0.1) is 6.54 Å². The van der Waals surface area contributed by atoms with E-state index in [0.717, 1.165) is 23.2 Å². The molecule has 1 amide bonds. The van der Waals surface area contributed by atoms with Crippen molar-refractivity contribution in [2.24, 2.45) is 0 Å². The zero-order valence-electron chi connectivity index (χ0n) is 13.1. The van der Waals surface area contributed by atoms with Gasteiger partial charge in [-0.25, -0.2) is 0 Å². The van der Waals surface area contributed by atoms with Crippen LogP contribution in [0.2, 0.25) is 0 Å². The first-order valence-electron chi connectivity index (χ1n) is 7.41. The van der Waals surface area contributed by atoms with Crippen LogP contribution in [0.25, 0.3) is 0 Å². The molecule has 0 bridgehead atoms. The molecule has 116 valence electrons. The van der Waals surface area contributed by atoms with Crippen molar-refractivity contribution in [1.82, 2.24) is 15.5 Å². The molecule has 2 N–H and O–H groups in total. The number of carbonyl (C=O) groups is 1. The summed E-state index contributed by atoms with van der Waals surface area (Å²) in [5, 5.41) is 10.1. The number of rotatable bonds is 3. The van der Waals surface area contributed by atoms with E-state index in [4.69, 9.17) is 4.52 Å². The van der Waals surface area contributed by atoms with E-state index in [-0.39, 0.29) is 11.3 Å². The summed E-state index contributed by atoms with van der Waals surface area (Å²) in [6.45, 7) is 7.28. The Balaban J connectivity index is 1.69. The number of amides is 1. The van der Waals surface area contributed by atoms with Crippen LogP contribution < -0.4 is 10.6 Å². The lowest BCUT2D eigenvalue weighted by Gasteiger charge is -2.17. The number of benzene rings is 1. The fraction of sp³-hybridized carbons (Fsp3) is 0.438. The number of hydrogen-bond acceptors (Lipinski definition) is 5. The molecule has 0 spiro atoms. The predicted molar refractivity (Wildman–Crippen MR) is 82.8 cm³/mol. The van der Waals surface area contributed by atoms with Gasteiger partial charge in [0.1, 0.15) is 0 Å². The largest absolute Gasteiger partial charge is 0.378 e. The summed E-state index contributed by atoms with van der Waals surface area (Å²) in [5.41, 5.74) is 2.63. The summed E-state index contributed by atoms with van der Waals surface area (Å²) in [4.78, 5) is 16.1. The third kappa shape index (κ3) is 2.95. The van der Waals surface area contributed by atoms with E-state index >= 15 is 0 Å². The van der Waals surface area contributed by atoms with Crippen LogP contribution in [0, 0.1) is 0 Å². The van der Waals surface area contributed by atoms with Crippen molar-refractivity contribution in [3.05, 3.63) is 41.0 Å². The van der Waals surface area contributed by atoms with Crippen LogP contribution in [0.1, 0.15) is 48.4 Å². The van der Waals surface area contributed by atoms with Crippen molar-refractivity contribution in [3.63, 3.8) is 0 Å². The molecule has 22 heavy (non-hydrogen) atoms. The highest BCUT2D eigenvalue weighted by Crippen LogP contribution is 2.21. The Morgan fingerprint density at radius 3 is 2.91 bits per heavy atom. The molecule has 0 unspecified atom stereocenters. The minimum atomic E-state index is -0.148. The molecular weight excluding hydrogens is 280 g/mol. The van der Waals surface area contributed by atoms with Gasteiger partial charge in [0, 0.05) is 23.2 Å². The maximum absolute atomic E-state index is 11.7. The second-order valence-corrected chi connectivity index (χ2v) is 6.50. The standard InChI is InChI=1S/C16H20N4O2/c1-16(2,3)15-19-13(20-22-15)9-18-11-4-5-12-10(8-11)6-7-17-14(12)21/h4-5,8,18H,6-7,9H2,1-3H3,(H,17,21). The van der Waals surface area contributed by atoms with Crippen LogP contribution in [-0.4, -0.2) is 22.6 Å². The average molecular weight is 300 g/mol. The minimum absolute atomic E-state index is 0.000729. The fourth-order valence-corrected chi connectivity index (χ4v) is 2.35. The highest BCUT2D eigenvalue weighted by Gasteiger charge is 2.21. The number of fused-ring (bicyclic) bond motifs is 1. The lowest BCUT2D eigenvalue weighted by molar-refractivity contribution is 0.0946. The predicted octanol–water partition coefficient (Wildman–Crippen LogP) is 2.27. The molecule has 0 saturated carbocycles. The molecule has 6 nitrogen and oxygen atoms in total. The molecule has 1 aliphatic rings. The first kappa shape index (κ1) is 14.6. The monoisotopic (exact) mass is 300 g/mol. The van der Waals surface area contributed by atoms with E-state index in [9.17, 15) is 4.79 Å². The maximum atomic E-state index is 11.7. The topological polar surface area (TPSA) is 80.0 Å². The van der Waals surface area contributed by atoms with Gasteiger partial charge in [-0.05, 0) is 30.2 Å². The number of nitrogens with one attached hydrogen (secondary N) is 2. The summed E-state index contributed by atoms with van der Waals surface area (Å²) in [7, 11) is 0. The second-order valence-electron chi connectivity index (χ2n) is 6.50. The van der Waals surface area contributed by atoms with Crippen LogP contribution in [0.15, 0.2) is 22.7 Å². The SMILES string of the molecule is CC(C)(C)c1nc(CNc2ccc3c(c2)CCNC3=O)no1. The number of carbonyl (C=O) groups excluding carboxylic acids is 1. The molecule has 0 aliphatic carbocycles. The number of aromatic nitrogens is 2. The molecule has 0 radical (unpaired) electrons. The Labute approximate surface area is 129 Å². The van der Waals surface area contributed by atoms with Gasteiger partial charge in [-0.2, -0.15) is 4.98 Å². The molecule has 1 aliphatic heterocycles. The summed E-state index contributed by atoms with van der Waals surface area (Å²) < 4.78 is 5.27. The van der Waals surface area contributed by atoms with Gasteiger partial charge in [-0.15, -0.1) is 0 Å². The third-order valence-electron chi connectivity index (χ3n) is 3.59. The Hall–Kier alpha value is -2.37. The van der Waals surface area contributed by atoms with Crippen molar-refractivity contribution in [2.75, 3.05) is 11.9 Å². The van der Waals surface area contributed by atoms with Crippen LogP contribution in [-0.2, 0) is 18.4 Å². The van der Waals surface area contributed by atoms with Crippen LogP contribution in [0.5, 0.6) is 0 Å². The molecule has 6 heteroatoms. The molecule has 0 saturated heterocycles. The van der Waals surface area contributed by atoms with E-state index < -0.39 is 0 Å². The quantitative estimate of drug-likeness (QED) is 0.909. The Morgan fingerprint density at radius 2 is 2.18 bits per heavy atom. The van der Waals surface area contributed by atoms with Gasteiger partial charge in [-0.1, -0.05) is 25.9 Å². The van der Waals surface area contributed by atoms with Gasteiger partial charge in [0.25, 0.3) is 5.91 Å². The van der Waals surface area contributed by atoms with E-state index in [1.165, 1.54) is 0 Å². The summed E-state index contributed by atoms with van der Waals surface area (Å²) in [6, 6.07) is 5.76. The minimum Gasteiger partial charge on any atom is -0.378 e. The van der Waals surface area contributed by atoms with Crippen molar-refractivity contribution >= 4 is 11.6 Å². The van der Waals surface area contributed by atoms with Gasteiger partial charge in [0.2, 0.25) is 5.89 Å². The Bertz CT molecular complexity index is 700. The Kier molecular flexibility index (Phi) is 3.60. The van der Waals surface area contributed by atoms with Crippen LogP contribution in [0.3, 0.4) is 0 Å². The van der Waals surface area contributed by atoms with Gasteiger partial charge in [-0.3, -0.25) is 4.79 Å². The first-order valence-corrected chi connectivity index (χ1v) is 7.41. The summed E-state index contributed by atoms with van der Waals surface area (Å²) >= 11 is 0. The van der Waals surface area contributed by atoms with Gasteiger partial charge >= 0.3 is 0 Å². The smallest absolute Gasteiger partial charge is 0.251 e. The summed E-state index contributed by atoms with van der Waals surface area (Å²) in [6.07, 6.45) is 0.854. The zero-order valence-corrected chi connectivity index (χ0v) is 13.1. The normalized spacial score (nSPS) is 14.4. The van der Waals surface area contributed by atoms with E-state index in [1.807, 2.05) is 39.0 Å². The molecule has 2 heterocycles. The van der Waals surface area contributed by atoms with Crippen molar-refractivity contribution in [2.45, 2.75) is 39.2 Å². The second kappa shape index (κ2) is 5.44. The zero-order chi connectivity index (χ0) is 15.7. The molecule has 1 aromatic heterocycles. The highest BCUT2D eigenvalue weighted by molar-refractivity contribution is 5.97. The lowest BCUT2D eigenvalue weighted by atomic mass is 9.97. The van der Waals surface area contributed by atoms with E-state index in [1.54, 1.807) is 0 Å². The summed E-state index contributed by atoms with van der Waals surface area (Å²) in [5.74, 6) is 1.26. The number of hydrogen-bond donors (Lipinski definition) is 2. The van der Waals surface area contributed by atoms with E-state index in [2.05, 4.69) is 20.8 Å². The highest BCUT2D eigenvalue weighted by atomic mass is 16.5. The number of anilines is 1. The first-order chi connectivity index (χ1) is 10.4. The van der Waals surface area contributed by atoms with Crippen molar-refractivity contribution < 1.29 is 9.32 Å².